The molecule has 1 N–H and O–H groups in total. The molecule has 2 aromatic carbocycles. The van der Waals surface area contributed by atoms with E-state index in [9.17, 15) is 9.00 Å². The molecule has 2 aromatic rings. The van der Waals surface area contributed by atoms with Gasteiger partial charge in [-0.15, -0.1) is 0 Å². The van der Waals surface area contributed by atoms with Crippen molar-refractivity contribution in [3.8, 4) is 11.1 Å². The van der Waals surface area contributed by atoms with E-state index in [4.69, 9.17) is 11.6 Å². The van der Waals surface area contributed by atoms with Crippen LogP contribution in [0.1, 0.15) is 19.3 Å². The number of urea groups is 1. The van der Waals surface area contributed by atoms with E-state index in [1.165, 1.54) is 0 Å². The van der Waals surface area contributed by atoms with Crippen molar-refractivity contribution < 1.29 is 9.00 Å². The molecule has 2 amide bonds. The number of fused-ring (bicyclic) bond motifs is 2. The van der Waals surface area contributed by atoms with Crippen LogP contribution in [0.5, 0.6) is 0 Å². The van der Waals surface area contributed by atoms with Gasteiger partial charge in [-0.05, 0) is 54.7 Å². The summed E-state index contributed by atoms with van der Waals surface area (Å²) in [6.07, 6.45) is 2.83. The van der Waals surface area contributed by atoms with Crippen LogP contribution in [0.3, 0.4) is 0 Å². The molecule has 0 aliphatic carbocycles. The number of carbonyl (C=O) groups is 1. The first kappa shape index (κ1) is 17.6. The van der Waals surface area contributed by atoms with Gasteiger partial charge < -0.3 is 10.2 Å². The Morgan fingerprint density at radius 1 is 1.04 bits per heavy atom. The van der Waals surface area contributed by atoms with Crippen LogP contribution in [0.25, 0.3) is 11.1 Å². The maximum atomic E-state index is 12.7. The lowest BCUT2D eigenvalue weighted by molar-refractivity contribution is 0.209. The van der Waals surface area contributed by atoms with Crippen molar-refractivity contribution in [2.45, 2.75) is 29.8 Å². The minimum absolute atomic E-state index is 0.113. The molecule has 2 aliphatic heterocycles. The van der Waals surface area contributed by atoms with E-state index in [-0.39, 0.29) is 16.5 Å². The van der Waals surface area contributed by atoms with Gasteiger partial charge in [0, 0.05) is 39.8 Å². The molecule has 3 atom stereocenters. The summed E-state index contributed by atoms with van der Waals surface area (Å²) in [5, 5.41) is 4.08. The molecule has 0 aromatic heterocycles. The number of rotatable bonds is 2. The number of benzene rings is 2. The Morgan fingerprint density at radius 2 is 1.77 bits per heavy atom. The van der Waals surface area contributed by atoms with Gasteiger partial charge in [-0.3, -0.25) is 4.21 Å². The number of anilines is 1. The van der Waals surface area contributed by atoms with Crippen LogP contribution in [0, 0.1) is 0 Å². The van der Waals surface area contributed by atoms with Crippen LogP contribution in [0.15, 0.2) is 48.5 Å². The highest BCUT2D eigenvalue weighted by Crippen LogP contribution is 2.30. The van der Waals surface area contributed by atoms with Crippen LogP contribution in [0.4, 0.5) is 10.5 Å². The quantitative estimate of drug-likeness (QED) is 0.821. The highest BCUT2D eigenvalue weighted by atomic mass is 35.5. The summed E-state index contributed by atoms with van der Waals surface area (Å²) in [5.41, 5.74) is 2.76. The summed E-state index contributed by atoms with van der Waals surface area (Å²) in [6.45, 7) is 1.26. The third-order valence-electron chi connectivity index (χ3n) is 5.17. The number of nitrogens with zero attached hydrogens (tertiary/aromatic N) is 1. The number of nitrogens with one attached hydrogen (secondary N) is 1. The van der Waals surface area contributed by atoms with Crippen molar-refractivity contribution >= 4 is 34.1 Å². The summed E-state index contributed by atoms with van der Waals surface area (Å²) in [5.74, 6) is 0. The third-order valence-corrected chi connectivity index (χ3v) is 7.58. The van der Waals surface area contributed by atoms with E-state index in [1.807, 2.05) is 53.4 Å². The number of hydrogen-bond donors (Lipinski definition) is 1. The van der Waals surface area contributed by atoms with Gasteiger partial charge in [0.1, 0.15) is 0 Å². The predicted molar refractivity (Wildman–Crippen MR) is 107 cm³/mol. The molecule has 6 heteroatoms. The molecule has 3 unspecified atom stereocenters. The molecule has 2 aliphatic rings. The van der Waals surface area contributed by atoms with Crippen molar-refractivity contribution in [2.24, 2.45) is 0 Å². The summed E-state index contributed by atoms with van der Waals surface area (Å²) >= 11 is 6.08. The van der Waals surface area contributed by atoms with Gasteiger partial charge in [0.05, 0.1) is 5.25 Å². The van der Waals surface area contributed by atoms with Gasteiger partial charge in [0.15, 0.2) is 0 Å². The Labute approximate surface area is 161 Å². The lowest BCUT2D eigenvalue weighted by Crippen LogP contribution is -2.40. The molecule has 136 valence electrons. The lowest BCUT2D eigenvalue weighted by Gasteiger charge is -2.24. The highest BCUT2D eigenvalue weighted by molar-refractivity contribution is 7.86. The summed E-state index contributed by atoms with van der Waals surface area (Å²) in [7, 11) is -0.785. The van der Waals surface area contributed by atoms with Crippen molar-refractivity contribution in [2.75, 3.05) is 18.4 Å². The van der Waals surface area contributed by atoms with E-state index in [0.29, 0.717) is 18.1 Å². The second-order valence-electron chi connectivity index (χ2n) is 6.91. The van der Waals surface area contributed by atoms with Crippen LogP contribution in [-0.4, -0.2) is 38.7 Å². The van der Waals surface area contributed by atoms with Crippen LogP contribution >= 0.6 is 11.6 Å². The summed E-state index contributed by atoms with van der Waals surface area (Å²) < 4.78 is 12.3. The number of likely N-dealkylation sites (tertiary alicyclic amines) is 1. The fourth-order valence-corrected chi connectivity index (χ4v) is 5.91. The maximum Gasteiger partial charge on any atom is 0.321 e. The summed E-state index contributed by atoms with van der Waals surface area (Å²) in [4.78, 5) is 14.5. The third kappa shape index (κ3) is 3.64. The number of halogens is 1. The molecule has 2 bridgehead atoms. The molecule has 26 heavy (non-hydrogen) atoms. The second kappa shape index (κ2) is 7.41. The zero-order valence-corrected chi connectivity index (χ0v) is 15.9. The minimum atomic E-state index is -0.785. The van der Waals surface area contributed by atoms with E-state index < -0.39 is 10.8 Å². The molecule has 0 radical (unpaired) electrons. The average molecular weight is 389 g/mol. The Bertz CT molecular complexity index is 857. The first-order chi connectivity index (χ1) is 12.6. The van der Waals surface area contributed by atoms with Crippen molar-refractivity contribution in [3.05, 3.63) is 53.6 Å². The Hall–Kier alpha value is -1.85. The predicted octanol–water partition coefficient (Wildman–Crippen LogP) is 4.52. The SMILES string of the molecule is O=C(Nc1cccc(-c2cccc(Cl)c2)c1)N1CCC2CCC(C1)S2=O. The lowest BCUT2D eigenvalue weighted by atomic mass is 10.1. The normalized spacial score (nSPS) is 25.0. The molecule has 4 rings (SSSR count). The minimum Gasteiger partial charge on any atom is -0.323 e. The Balaban J connectivity index is 1.48. The number of hydrogen-bond acceptors (Lipinski definition) is 2. The van der Waals surface area contributed by atoms with Gasteiger partial charge in [0.2, 0.25) is 0 Å². The first-order valence-electron chi connectivity index (χ1n) is 8.91. The van der Waals surface area contributed by atoms with E-state index in [2.05, 4.69) is 5.32 Å². The molecule has 2 saturated heterocycles. The molecule has 4 nitrogen and oxygen atoms in total. The monoisotopic (exact) mass is 388 g/mol. The maximum absolute atomic E-state index is 12.7. The van der Waals surface area contributed by atoms with E-state index in [0.717, 1.165) is 36.1 Å². The van der Waals surface area contributed by atoms with Gasteiger partial charge in [-0.25, -0.2) is 4.79 Å². The van der Waals surface area contributed by atoms with Crippen LogP contribution < -0.4 is 5.32 Å². The topological polar surface area (TPSA) is 49.4 Å². The molecule has 2 fully saturated rings. The Kier molecular flexibility index (Phi) is 5.00. The van der Waals surface area contributed by atoms with E-state index >= 15 is 0 Å². The number of carbonyl (C=O) groups excluding carboxylic acids is 1. The standard InChI is InChI=1S/C20H21ClN2O2S/c21-16-5-1-3-14(11-16)15-4-2-6-17(12-15)22-20(24)23-10-9-18-7-8-19(13-23)26(18)25/h1-6,11-12,18-19H,7-10,13H2,(H,22,24). The molecular weight excluding hydrogens is 368 g/mol. The molecule has 0 saturated carbocycles. The smallest absolute Gasteiger partial charge is 0.321 e. The molecular formula is C20H21ClN2O2S. The van der Waals surface area contributed by atoms with Gasteiger partial charge >= 0.3 is 6.03 Å². The van der Waals surface area contributed by atoms with Crippen LogP contribution in [0.2, 0.25) is 5.02 Å². The van der Waals surface area contributed by atoms with Crippen molar-refractivity contribution in [1.29, 1.82) is 0 Å². The fraction of sp³-hybridized carbons (Fsp3) is 0.350. The van der Waals surface area contributed by atoms with Gasteiger partial charge in [0.25, 0.3) is 0 Å². The first-order valence-corrected chi connectivity index (χ1v) is 10.6. The fourth-order valence-electron chi connectivity index (χ4n) is 3.77. The zero-order valence-electron chi connectivity index (χ0n) is 14.4. The highest BCUT2D eigenvalue weighted by Gasteiger charge is 2.38. The Morgan fingerprint density at radius 3 is 2.58 bits per heavy atom. The largest absolute Gasteiger partial charge is 0.323 e. The molecule has 2 heterocycles. The van der Waals surface area contributed by atoms with Gasteiger partial charge in [-0.2, -0.15) is 0 Å². The van der Waals surface area contributed by atoms with Crippen LogP contribution in [-0.2, 0) is 10.8 Å². The van der Waals surface area contributed by atoms with Crippen molar-refractivity contribution in [1.82, 2.24) is 4.90 Å². The number of amides is 2. The summed E-state index contributed by atoms with van der Waals surface area (Å²) in [6, 6.07) is 15.3. The molecule has 0 spiro atoms. The average Bonchev–Trinajstić information content (AvgIpc) is 2.87. The van der Waals surface area contributed by atoms with E-state index in [1.54, 1.807) is 0 Å². The van der Waals surface area contributed by atoms with Gasteiger partial charge in [-0.1, -0.05) is 35.9 Å². The second-order valence-corrected chi connectivity index (χ2v) is 9.33. The zero-order chi connectivity index (χ0) is 18.1. The van der Waals surface area contributed by atoms with Crippen molar-refractivity contribution in [3.63, 3.8) is 0 Å².